The van der Waals surface area contributed by atoms with Crippen LogP contribution in [-0.2, 0) is 0 Å². The van der Waals surface area contributed by atoms with Gasteiger partial charge in [0, 0.05) is 11.3 Å². The zero-order chi connectivity index (χ0) is 9.19. The Labute approximate surface area is 71.9 Å². The molecule has 3 heteroatoms. The van der Waals surface area contributed by atoms with Crippen molar-refractivity contribution in [3.63, 3.8) is 0 Å². The minimum atomic E-state index is -0.978. The van der Waals surface area contributed by atoms with Gasteiger partial charge in [-0.15, -0.1) is 0 Å². The summed E-state index contributed by atoms with van der Waals surface area (Å²) in [5.41, 5.74) is -0.978. The van der Waals surface area contributed by atoms with Crippen molar-refractivity contribution in [2.75, 3.05) is 0 Å². The molecule has 0 amide bonds. The van der Waals surface area contributed by atoms with Crippen LogP contribution >= 0.6 is 0 Å². The van der Waals surface area contributed by atoms with Gasteiger partial charge in [-0.25, -0.2) is 0 Å². The first-order valence-corrected chi connectivity index (χ1v) is 3.97. The molecule has 1 aliphatic carbocycles. The first-order chi connectivity index (χ1) is 5.60. The highest BCUT2D eigenvalue weighted by Crippen LogP contribution is 2.24. The highest BCUT2D eigenvalue weighted by molar-refractivity contribution is 5.22. The molecule has 0 saturated carbocycles. The molecule has 0 unspecified atom stereocenters. The molecule has 1 aliphatic rings. The lowest BCUT2D eigenvalue weighted by molar-refractivity contribution is -0.541. The van der Waals surface area contributed by atoms with Crippen LogP contribution in [0.2, 0.25) is 0 Å². The van der Waals surface area contributed by atoms with Crippen LogP contribution in [0.5, 0.6) is 0 Å². The van der Waals surface area contributed by atoms with Crippen molar-refractivity contribution < 1.29 is 4.92 Å². The van der Waals surface area contributed by atoms with Crippen LogP contribution in [0, 0.1) is 23.0 Å². The molecule has 0 bridgehead atoms. The van der Waals surface area contributed by atoms with Gasteiger partial charge in [-0.2, -0.15) is 0 Å². The van der Waals surface area contributed by atoms with Crippen LogP contribution in [0.3, 0.4) is 0 Å². The highest BCUT2D eigenvalue weighted by Gasteiger charge is 2.36. The van der Waals surface area contributed by atoms with Crippen molar-refractivity contribution in [1.82, 2.24) is 0 Å². The molecule has 0 N–H and O–H groups in total. The fraction of sp³-hybridized carbons (Fsp3) is 0.444. The summed E-state index contributed by atoms with van der Waals surface area (Å²) in [5.74, 6) is 0.0737. The van der Waals surface area contributed by atoms with E-state index in [1.807, 2.05) is 0 Å². The number of hydrogen-bond acceptors (Lipinski definition) is 2. The fourth-order valence-corrected chi connectivity index (χ4v) is 1.19. The molecule has 0 heterocycles. The van der Waals surface area contributed by atoms with Crippen LogP contribution in [0.15, 0.2) is 24.3 Å². The molecule has 0 atom stereocenters. The Hall–Kier alpha value is -1.12. The number of nitrogens with zero attached hydrogens (tertiary/aromatic N) is 1. The van der Waals surface area contributed by atoms with Crippen LogP contribution in [0.25, 0.3) is 0 Å². The minimum Gasteiger partial charge on any atom is -0.263 e. The Morgan fingerprint density at radius 3 is 2.42 bits per heavy atom. The summed E-state index contributed by atoms with van der Waals surface area (Å²) < 4.78 is 0. The lowest BCUT2D eigenvalue weighted by Gasteiger charge is -2.20. The van der Waals surface area contributed by atoms with E-state index in [0.29, 0.717) is 6.42 Å². The van der Waals surface area contributed by atoms with Gasteiger partial charge < -0.3 is 0 Å². The van der Waals surface area contributed by atoms with E-state index >= 15 is 0 Å². The maximum atomic E-state index is 10.7. The van der Waals surface area contributed by atoms with E-state index in [2.05, 4.69) is 6.92 Å². The molecule has 12 heavy (non-hydrogen) atoms. The van der Waals surface area contributed by atoms with E-state index in [4.69, 9.17) is 0 Å². The molecule has 65 valence electrons. The fourth-order valence-electron chi connectivity index (χ4n) is 1.19. The number of hydrogen-bond donors (Lipinski definition) is 0. The van der Waals surface area contributed by atoms with Crippen molar-refractivity contribution >= 4 is 0 Å². The van der Waals surface area contributed by atoms with Gasteiger partial charge in [0.15, 0.2) is 0 Å². The maximum Gasteiger partial charge on any atom is 0.258 e. The Balaban J connectivity index is 2.91. The summed E-state index contributed by atoms with van der Waals surface area (Å²) in [4.78, 5) is 10.4. The van der Waals surface area contributed by atoms with Crippen LogP contribution in [0.4, 0.5) is 0 Å². The second kappa shape index (κ2) is 3.09. The molecule has 1 radical (unpaired) electrons. The lowest BCUT2D eigenvalue weighted by atomic mass is 9.89. The van der Waals surface area contributed by atoms with Gasteiger partial charge in [-0.1, -0.05) is 19.1 Å². The van der Waals surface area contributed by atoms with Crippen LogP contribution in [0.1, 0.15) is 13.3 Å². The largest absolute Gasteiger partial charge is 0.263 e. The number of nitro groups is 1. The predicted molar refractivity (Wildman–Crippen MR) is 47.1 cm³/mol. The normalized spacial score (nSPS) is 33.7. The zero-order valence-corrected chi connectivity index (χ0v) is 7.06. The molecule has 0 saturated heterocycles. The van der Waals surface area contributed by atoms with Gasteiger partial charge in [0.2, 0.25) is 0 Å². The first-order valence-electron chi connectivity index (χ1n) is 3.97. The van der Waals surface area contributed by atoms with Crippen molar-refractivity contribution in [2.45, 2.75) is 18.9 Å². The molecule has 0 aromatic rings. The van der Waals surface area contributed by atoms with E-state index in [1.165, 1.54) is 0 Å². The Morgan fingerprint density at radius 1 is 1.58 bits per heavy atom. The quantitative estimate of drug-likeness (QED) is 0.357. The maximum absolute atomic E-state index is 10.7. The third kappa shape index (κ3) is 1.40. The highest BCUT2D eigenvalue weighted by atomic mass is 16.6. The minimum absolute atomic E-state index is 0.0737. The number of allylic oxidation sites excluding steroid dienone is 2. The molecule has 0 aromatic carbocycles. The average Bonchev–Trinajstić information content (AvgIpc) is 2.06. The molecular formula is C9H12NO2. The zero-order valence-electron chi connectivity index (χ0n) is 7.06. The second-order valence-corrected chi connectivity index (χ2v) is 2.98. The Bertz CT molecular complexity index is 229. The van der Waals surface area contributed by atoms with E-state index in [1.54, 1.807) is 31.2 Å². The summed E-state index contributed by atoms with van der Waals surface area (Å²) in [6.45, 7) is 5.57. The van der Waals surface area contributed by atoms with Crippen molar-refractivity contribution in [2.24, 2.45) is 5.92 Å². The summed E-state index contributed by atoms with van der Waals surface area (Å²) in [5, 5.41) is 10.7. The summed E-state index contributed by atoms with van der Waals surface area (Å²) in [6, 6.07) is 0. The molecule has 0 aromatic heterocycles. The molecule has 0 spiro atoms. The van der Waals surface area contributed by atoms with Crippen molar-refractivity contribution in [3.05, 3.63) is 41.3 Å². The Morgan fingerprint density at radius 2 is 2.08 bits per heavy atom. The standard InChI is InChI=1S/C9H12NO2/c1-3-9(10(11)12)6-4-8(2)5-7-9/h4-8H,2-3H2,1H3. The van der Waals surface area contributed by atoms with Gasteiger partial charge in [0.25, 0.3) is 5.54 Å². The third-order valence-electron chi connectivity index (χ3n) is 2.17. The van der Waals surface area contributed by atoms with E-state index in [9.17, 15) is 10.1 Å². The van der Waals surface area contributed by atoms with Crippen molar-refractivity contribution in [3.8, 4) is 0 Å². The predicted octanol–water partition coefficient (Wildman–Crippen LogP) is 1.99. The SMILES string of the molecule is [CH2]C1C=CC(CC)([N+](=O)[O-])C=C1. The van der Waals surface area contributed by atoms with E-state index in [0.717, 1.165) is 0 Å². The molecule has 1 rings (SSSR count). The average molecular weight is 166 g/mol. The number of rotatable bonds is 2. The van der Waals surface area contributed by atoms with Crippen LogP contribution in [-0.4, -0.2) is 10.5 Å². The van der Waals surface area contributed by atoms with Gasteiger partial charge in [0.1, 0.15) is 0 Å². The Kier molecular flexibility index (Phi) is 2.31. The molecule has 0 aliphatic heterocycles. The van der Waals surface area contributed by atoms with Gasteiger partial charge >= 0.3 is 0 Å². The van der Waals surface area contributed by atoms with Crippen LogP contribution < -0.4 is 0 Å². The van der Waals surface area contributed by atoms with Crippen molar-refractivity contribution in [1.29, 1.82) is 0 Å². The topological polar surface area (TPSA) is 43.1 Å². The third-order valence-corrected chi connectivity index (χ3v) is 2.17. The molecular weight excluding hydrogens is 154 g/mol. The van der Waals surface area contributed by atoms with Gasteiger partial charge in [-0.3, -0.25) is 10.1 Å². The van der Waals surface area contributed by atoms with Gasteiger partial charge in [0.05, 0.1) is 0 Å². The first kappa shape index (κ1) is 8.97. The van der Waals surface area contributed by atoms with Gasteiger partial charge in [-0.05, 0) is 25.0 Å². The van der Waals surface area contributed by atoms with E-state index in [-0.39, 0.29) is 10.8 Å². The smallest absolute Gasteiger partial charge is 0.258 e. The van der Waals surface area contributed by atoms with E-state index < -0.39 is 5.54 Å². The summed E-state index contributed by atoms with van der Waals surface area (Å²) in [6.07, 6.45) is 7.29. The monoisotopic (exact) mass is 166 g/mol. The molecule has 3 nitrogen and oxygen atoms in total. The summed E-state index contributed by atoms with van der Waals surface area (Å²) in [7, 11) is 0. The lowest BCUT2D eigenvalue weighted by Crippen LogP contribution is -2.34. The second-order valence-electron chi connectivity index (χ2n) is 2.98. The molecule has 0 fully saturated rings. The summed E-state index contributed by atoms with van der Waals surface area (Å²) >= 11 is 0.